The molecule has 0 radical (unpaired) electrons. The molecule has 128 valence electrons. The molecule has 0 unspecified atom stereocenters. The molecule has 2 fully saturated rings. The Morgan fingerprint density at radius 1 is 1.17 bits per heavy atom. The molecule has 2 aliphatic rings. The van der Waals surface area contributed by atoms with E-state index >= 15 is 0 Å². The van der Waals surface area contributed by atoms with Crippen LogP contribution in [-0.2, 0) is 15.5 Å². The Hall–Kier alpha value is -0.160. The smallest absolute Gasteiger partial charge is 0.256 e. The lowest BCUT2D eigenvalue weighted by Crippen LogP contribution is -2.49. The van der Waals surface area contributed by atoms with Crippen molar-refractivity contribution >= 4 is 19.7 Å². The summed E-state index contributed by atoms with van der Waals surface area (Å²) in [7, 11) is -3.14. The summed E-state index contributed by atoms with van der Waals surface area (Å²) < 4.78 is 11.3. The second-order valence-electron chi connectivity index (χ2n) is 7.72. The van der Waals surface area contributed by atoms with Crippen molar-refractivity contribution in [2.75, 3.05) is 13.2 Å². The van der Waals surface area contributed by atoms with Crippen LogP contribution in [0.1, 0.15) is 33.3 Å². The summed E-state index contributed by atoms with van der Waals surface area (Å²) >= 11 is 1.82. The highest BCUT2D eigenvalue weighted by atomic mass is 32.2. The molecule has 4 nitrogen and oxygen atoms in total. The molecule has 6 heteroatoms. The molecular formula is C17H26NO3PS. The first-order chi connectivity index (χ1) is 10.7. The van der Waals surface area contributed by atoms with Crippen LogP contribution in [0.15, 0.2) is 30.3 Å². The Morgan fingerprint density at radius 3 is 2.39 bits per heavy atom. The van der Waals surface area contributed by atoms with Gasteiger partial charge in [-0.05, 0) is 25.8 Å². The van der Waals surface area contributed by atoms with Crippen LogP contribution in [0.5, 0.6) is 0 Å². The van der Waals surface area contributed by atoms with E-state index in [-0.39, 0.29) is 21.3 Å². The van der Waals surface area contributed by atoms with E-state index in [4.69, 9.17) is 9.05 Å². The molecule has 0 bridgehead atoms. The van der Waals surface area contributed by atoms with E-state index in [9.17, 15) is 4.89 Å². The van der Waals surface area contributed by atoms with Gasteiger partial charge >= 0.3 is 0 Å². The normalized spacial score (nSPS) is 31.9. The highest BCUT2D eigenvalue weighted by Gasteiger charge is 2.58. The molecule has 2 saturated heterocycles. The number of thioether (sulfide) groups is 1. The van der Waals surface area contributed by atoms with Gasteiger partial charge in [-0.25, -0.2) is 9.05 Å². The van der Waals surface area contributed by atoms with Gasteiger partial charge in [-0.3, -0.25) is 5.32 Å². The number of hydrogen-bond acceptors (Lipinski definition) is 5. The Labute approximate surface area is 143 Å². The second kappa shape index (κ2) is 6.29. The average Bonchev–Trinajstić information content (AvgIpc) is 2.79. The molecule has 23 heavy (non-hydrogen) atoms. The molecule has 2 heterocycles. The van der Waals surface area contributed by atoms with Crippen molar-refractivity contribution < 1.29 is 13.9 Å². The molecule has 0 spiro atoms. The highest BCUT2D eigenvalue weighted by molar-refractivity contribution is 8.02. The van der Waals surface area contributed by atoms with Gasteiger partial charge in [-0.15, -0.1) is 11.8 Å². The number of hydrogen-bond donors (Lipinski definition) is 1. The molecule has 1 aromatic rings. The van der Waals surface area contributed by atoms with Crippen LogP contribution < -0.4 is 10.2 Å². The molecule has 0 aromatic heterocycles. The zero-order valence-electron chi connectivity index (χ0n) is 14.2. The van der Waals surface area contributed by atoms with Crippen molar-refractivity contribution in [3.8, 4) is 0 Å². The monoisotopic (exact) mass is 355 g/mol. The molecule has 3 rings (SSSR count). The molecule has 2 atom stereocenters. The Bertz CT molecular complexity index is 542. The lowest BCUT2D eigenvalue weighted by molar-refractivity contribution is -0.237. The van der Waals surface area contributed by atoms with Gasteiger partial charge in [0.2, 0.25) is 0 Å². The van der Waals surface area contributed by atoms with Crippen LogP contribution in [0.3, 0.4) is 0 Å². The van der Waals surface area contributed by atoms with E-state index in [2.05, 4.69) is 57.3 Å². The van der Waals surface area contributed by atoms with Gasteiger partial charge < -0.3 is 4.89 Å². The summed E-state index contributed by atoms with van der Waals surface area (Å²) in [6.07, 6.45) is 0.900. The quantitative estimate of drug-likeness (QED) is 0.844. The first-order valence-corrected chi connectivity index (χ1v) is 10.6. The van der Waals surface area contributed by atoms with Gasteiger partial charge in [0.15, 0.2) is 5.78 Å². The van der Waals surface area contributed by atoms with Gasteiger partial charge in [0.1, 0.15) is 13.2 Å². The van der Waals surface area contributed by atoms with E-state index in [1.807, 2.05) is 17.8 Å². The van der Waals surface area contributed by atoms with E-state index in [1.54, 1.807) is 0 Å². The van der Waals surface area contributed by atoms with Gasteiger partial charge in [-0.1, -0.05) is 44.2 Å². The summed E-state index contributed by atoms with van der Waals surface area (Å²) in [5.41, 5.74) is 1.20. The lowest BCUT2D eigenvalue weighted by Gasteiger charge is -2.43. The summed E-state index contributed by atoms with van der Waals surface area (Å²) in [6, 6.07) is 10.4. The van der Waals surface area contributed by atoms with Crippen molar-refractivity contribution in [2.24, 2.45) is 5.41 Å². The van der Waals surface area contributed by atoms with Crippen molar-refractivity contribution in [1.82, 2.24) is 5.32 Å². The molecule has 2 aliphatic heterocycles. The molecule has 0 aliphatic carbocycles. The maximum Gasteiger partial charge on any atom is 0.256 e. The minimum Gasteiger partial charge on any atom is -0.630 e. The minimum atomic E-state index is -3.14. The fourth-order valence-corrected chi connectivity index (χ4v) is 7.64. The molecule has 0 amide bonds. The van der Waals surface area contributed by atoms with Gasteiger partial charge in [0.05, 0.1) is 10.1 Å². The zero-order chi connectivity index (χ0) is 16.7. The molecular weight excluding hydrogens is 329 g/mol. The largest absolute Gasteiger partial charge is 0.630 e. The van der Waals surface area contributed by atoms with Crippen molar-refractivity contribution in [2.45, 2.75) is 50.0 Å². The maximum absolute atomic E-state index is 13.2. The predicted octanol–water partition coefficient (Wildman–Crippen LogP) is 3.19. The van der Waals surface area contributed by atoms with Crippen molar-refractivity contribution in [3.05, 3.63) is 35.9 Å². The fraction of sp³-hybridized carbons (Fsp3) is 0.647. The lowest BCUT2D eigenvalue weighted by atomic mass is 9.97. The number of benzene rings is 1. The van der Waals surface area contributed by atoms with Crippen LogP contribution in [0.25, 0.3) is 0 Å². The Balaban J connectivity index is 1.70. The van der Waals surface area contributed by atoms with Gasteiger partial charge in [0, 0.05) is 5.41 Å². The maximum atomic E-state index is 13.2. The SMILES string of the molecule is CC1(C)CO[P+]([O-])([C@H]2N[C@H](Cc3ccccc3)SC2(C)C)OC1. The van der Waals surface area contributed by atoms with E-state index in [0.717, 1.165) is 6.42 Å². The number of nitrogens with one attached hydrogen (secondary N) is 1. The van der Waals surface area contributed by atoms with Crippen molar-refractivity contribution in [1.29, 1.82) is 0 Å². The standard InChI is InChI=1S/C17H26NO3PS/c1-16(2)11-20-22(19,21-12-16)15-17(3,4)23-14(18-15)10-13-8-6-5-7-9-13/h5-9,14-15,18H,10-12H2,1-4H3/t14-,15+/m0/s1. The fourth-order valence-electron chi connectivity index (χ4n) is 3.00. The third-order valence-electron chi connectivity index (χ3n) is 4.30. The minimum absolute atomic E-state index is 0.0762. The highest BCUT2D eigenvalue weighted by Crippen LogP contribution is 2.66. The van der Waals surface area contributed by atoms with Gasteiger partial charge in [-0.2, -0.15) is 0 Å². The number of rotatable bonds is 3. The summed E-state index contributed by atoms with van der Waals surface area (Å²) in [5.74, 6) is -0.273. The molecule has 0 saturated carbocycles. The van der Waals surface area contributed by atoms with E-state index < -0.39 is 7.94 Å². The average molecular weight is 355 g/mol. The van der Waals surface area contributed by atoms with Crippen LogP contribution in [0.2, 0.25) is 0 Å². The van der Waals surface area contributed by atoms with Crippen LogP contribution in [0, 0.1) is 5.41 Å². The predicted molar refractivity (Wildman–Crippen MR) is 95.1 cm³/mol. The van der Waals surface area contributed by atoms with Crippen LogP contribution >= 0.6 is 19.7 Å². The van der Waals surface area contributed by atoms with E-state index in [1.165, 1.54) is 5.56 Å². The molecule has 1 N–H and O–H groups in total. The van der Waals surface area contributed by atoms with E-state index in [0.29, 0.717) is 13.2 Å². The topological polar surface area (TPSA) is 53.5 Å². The summed E-state index contributed by atoms with van der Waals surface area (Å²) in [6.45, 7) is 9.32. The van der Waals surface area contributed by atoms with Crippen LogP contribution in [0.4, 0.5) is 0 Å². The zero-order valence-corrected chi connectivity index (χ0v) is 16.0. The Morgan fingerprint density at radius 2 is 1.78 bits per heavy atom. The summed E-state index contributed by atoms with van der Waals surface area (Å²) in [5, 5.41) is 3.73. The first kappa shape index (κ1) is 17.7. The van der Waals surface area contributed by atoms with Gasteiger partial charge in [0.25, 0.3) is 7.94 Å². The third kappa shape index (κ3) is 3.92. The second-order valence-corrected chi connectivity index (χ2v) is 11.7. The van der Waals surface area contributed by atoms with Crippen molar-refractivity contribution in [3.63, 3.8) is 0 Å². The summed E-state index contributed by atoms with van der Waals surface area (Å²) in [4.78, 5) is 13.2. The molecule has 1 aromatic carbocycles. The third-order valence-corrected chi connectivity index (χ3v) is 8.31. The van der Waals surface area contributed by atoms with Crippen LogP contribution in [-0.4, -0.2) is 29.1 Å². The first-order valence-electron chi connectivity index (χ1n) is 8.07. The Kier molecular flexibility index (Phi) is 4.83.